The molecule has 0 saturated carbocycles. The molecular weight excluding hydrogens is 214 g/mol. The molecule has 0 spiro atoms. The van der Waals surface area contributed by atoms with E-state index in [1.807, 2.05) is 6.07 Å². The molecule has 0 bridgehead atoms. The topological polar surface area (TPSA) is 47.0 Å². The van der Waals surface area contributed by atoms with E-state index >= 15 is 0 Å². The second-order valence-electron chi connectivity index (χ2n) is 4.67. The molecule has 0 aromatic carbocycles. The molecule has 1 fully saturated rings. The summed E-state index contributed by atoms with van der Waals surface area (Å²) in [6.45, 7) is 5.25. The van der Waals surface area contributed by atoms with E-state index in [1.54, 1.807) is 12.5 Å². The van der Waals surface area contributed by atoms with Crippen LogP contribution in [-0.2, 0) is 4.74 Å². The zero-order valence-electron chi connectivity index (χ0n) is 10.6. The van der Waals surface area contributed by atoms with E-state index in [1.165, 1.54) is 0 Å². The van der Waals surface area contributed by atoms with Gasteiger partial charge in [0.05, 0.1) is 5.60 Å². The number of rotatable bonds is 4. The molecule has 1 aromatic heterocycles. The van der Waals surface area contributed by atoms with Gasteiger partial charge in [0, 0.05) is 18.8 Å². The molecule has 0 amide bonds. The second kappa shape index (κ2) is 5.45. The van der Waals surface area contributed by atoms with Gasteiger partial charge in [0.15, 0.2) is 0 Å². The molecule has 1 aromatic rings. The Morgan fingerprint density at radius 2 is 2.29 bits per heavy atom. The maximum Gasteiger partial charge on any atom is 0.129 e. The lowest BCUT2D eigenvalue weighted by molar-refractivity contribution is -0.0864. The third-order valence-electron chi connectivity index (χ3n) is 3.72. The van der Waals surface area contributed by atoms with E-state index in [9.17, 15) is 0 Å². The van der Waals surface area contributed by atoms with Crippen LogP contribution in [0.1, 0.15) is 39.5 Å². The SMILES string of the molecule is CCC1(CC)CC(Nc2ccncn2)CCO1. The van der Waals surface area contributed by atoms with E-state index in [0.29, 0.717) is 6.04 Å². The van der Waals surface area contributed by atoms with Gasteiger partial charge in [0.2, 0.25) is 0 Å². The minimum atomic E-state index is 0.0585. The lowest BCUT2D eigenvalue weighted by atomic mass is 9.86. The number of hydrogen-bond acceptors (Lipinski definition) is 4. The van der Waals surface area contributed by atoms with Gasteiger partial charge in [0.25, 0.3) is 0 Å². The van der Waals surface area contributed by atoms with E-state index in [0.717, 1.165) is 38.1 Å². The number of ether oxygens (including phenoxy) is 1. The number of nitrogens with zero attached hydrogens (tertiary/aromatic N) is 2. The predicted octanol–water partition coefficient (Wildman–Crippen LogP) is 2.63. The molecule has 1 atom stereocenters. The Morgan fingerprint density at radius 3 is 2.94 bits per heavy atom. The minimum absolute atomic E-state index is 0.0585. The lowest BCUT2D eigenvalue weighted by Gasteiger charge is -2.40. The summed E-state index contributed by atoms with van der Waals surface area (Å²) in [5.74, 6) is 0.910. The summed E-state index contributed by atoms with van der Waals surface area (Å²) in [7, 11) is 0. The average molecular weight is 235 g/mol. The minimum Gasteiger partial charge on any atom is -0.375 e. The fourth-order valence-corrected chi connectivity index (χ4v) is 2.48. The first-order valence-electron chi connectivity index (χ1n) is 6.44. The van der Waals surface area contributed by atoms with Crippen molar-refractivity contribution in [1.29, 1.82) is 0 Å². The van der Waals surface area contributed by atoms with Crippen molar-refractivity contribution < 1.29 is 4.74 Å². The zero-order valence-corrected chi connectivity index (χ0v) is 10.6. The Bertz CT molecular complexity index is 338. The van der Waals surface area contributed by atoms with Crippen molar-refractivity contribution in [2.75, 3.05) is 11.9 Å². The molecule has 1 N–H and O–H groups in total. The first-order valence-corrected chi connectivity index (χ1v) is 6.44. The van der Waals surface area contributed by atoms with Crippen LogP contribution in [0.5, 0.6) is 0 Å². The first kappa shape index (κ1) is 12.3. The summed E-state index contributed by atoms with van der Waals surface area (Å²) in [4.78, 5) is 8.13. The molecule has 94 valence electrons. The molecule has 1 aliphatic rings. The van der Waals surface area contributed by atoms with Gasteiger partial charge in [-0.15, -0.1) is 0 Å². The van der Waals surface area contributed by atoms with E-state index in [4.69, 9.17) is 4.74 Å². The van der Waals surface area contributed by atoms with Crippen LogP contribution in [-0.4, -0.2) is 28.2 Å². The summed E-state index contributed by atoms with van der Waals surface area (Å²) in [6.07, 6.45) is 7.60. The molecule has 1 unspecified atom stereocenters. The quantitative estimate of drug-likeness (QED) is 0.871. The molecule has 0 radical (unpaired) electrons. The smallest absolute Gasteiger partial charge is 0.129 e. The number of nitrogens with one attached hydrogen (secondary N) is 1. The first-order chi connectivity index (χ1) is 8.28. The molecule has 0 aliphatic carbocycles. The fourth-order valence-electron chi connectivity index (χ4n) is 2.48. The Balaban J connectivity index is 1.98. The maximum absolute atomic E-state index is 5.96. The van der Waals surface area contributed by atoms with Gasteiger partial charge in [-0.05, 0) is 31.7 Å². The number of aromatic nitrogens is 2. The van der Waals surface area contributed by atoms with Crippen LogP contribution >= 0.6 is 0 Å². The Labute approximate surface area is 103 Å². The highest BCUT2D eigenvalue weighted by molar-refractivity contribution is 5.33. The van der Waals surface area contributed by atoms with E-state index < -0.39 is 0 Å². The zero-order chi connectivity index (χ0) is 12.1. The molecule has 1 aliphatic heterocycles. The normalized spacial score (nSPS) is 23.3. The van der Waals surface area contributed by atoms with Crippen LogP contribution in [0.15, 0.2) is 18.6 Å². The van der Waals surface area contributed by atoms with E-state index in [2.05, 4.69) is 29.1 Å². The Morgan fingerprint density at radius 1 is 1.47 bits per heavy atom. The summed E-state index contributed by atoms with van der Waals surface area (Å²) < 4.78 is 5.96. The largest absolute Gasteiger partial charge is 0.375 e. The third-order valence-corrected chi connectivity index (χ3v) is 3.72. The Kier molecular flexibility index (Phi) is 3.94. The molecule has 1 saturated heterocycles. The van der Waals surface area contributed by atoms with Crippen LogP contribution in [0.2, 0.25) is 0 Å². The highest BCUT2D eigenvalue weighted by Gasteiger charge is 2.34. The molecule has 2 rings (SSSR count). The monoisotopic (exact) mass is 235 g/mol. The summed E-state index contributed by atoms with van der Waals surface area (Å²) in [6, 6.07) is 2.37. The van der Waals surface area contributed by atoms with Gasteiger partial charge in [-0.3, -0.25) is 0 Å². The van der Waals surface area contributed by atoms with Crippen molar-refractivity contribution in [2.24, 2.45) is 0 Å². The molecule has 4 nitrogen and oxygen atoms in total. The van der Waals surface area contributed by atoms with Crippen molar-refractivity contribution in [3.8, 4) is 0 Å². The van der Waals surface area contributed by atoms with Crippen LogP contribution in [0.25, 0.3) is 0 Å². The summed E-state index contributed by atoms with van der Waals surface area (Å²) in [5.41, 5.74) is 0.0585. The summed E-state index contributed by atoms with van der Waals surface area (Å²) in [5, 5.41) is 3.47. The van der Waals surface area contributed by atoms with Gasteiger partial charge in [-0.1, -0.05) is 13.8 Å². The molecular formula is C13H21N3O. The standard InChI is InChI=1S/C13H21N3O/c1-3-13(4-2)9-11(6-8-17-13)16-12-5-7-14-10-15-12/h5,7,10-11H,3-4,6,8-9H2,1-2H3,(H,14,15,16). The van der Waals surface area contributed by atoms with Gasteiger partial charge in [-0.25, -0.2) is 9.97 Å². The fraction of sp³-hybridized carbons (Fsp3) is 0.692. The van der Waals surface area contributed by atoms with Crippen molar-refractivity contribution >= 4 is 5.82 Å². The number of anilines is 1. The van der Waals surface area contributed by atoms with Crippen molar-refractivity contribution in [1.82, 2.24) is 9.97 Å². The van der Waals surface area contributed by atoms with Crippen LogP contribution in [0.4, 0.5) is 5.82 Å². The lowest BCUT2D eigenvalue weighted by Crippen LogP contribution is -2.43. The average Bonchev–Trinajstić information content (AvgIpc) is 2.40. The second-order valence-corrected chi connectivity index (χ2v) is 4.67. The van der Waals surface area contributed by atoms with Gasteiger partial charge in [-0.2, -0.15) is 0 Å². The summed E-state index contributed by atoms with van der Waals surface area (Å²) >= 11 is 0. The molecule has 17 heavy (non-hydrogen) atoms. The van der Waals surface area contributed by atoms with Crippen molar-refractivity contribution in [3.63, 3.8) is 0 Å². The number of hydrogen-bond donors (Lipinski definition) is 1. The van der Waals surface area contributed by atoms with Crippen LogP contribution in [0, 0.1) is 0 Å². The predicted molar refractivity (Wildman–Crippen MR) is 67.9 cm³/mol. The maximum atomic E-state index is 5.96. The third kappa shape index (κ3) is 2.94. The van der Waals surface area contributed by atoms with Crippen LogP contribution in [0.3, 0.4) is 0 Å². The van der Waals surface area contributed by atoms with Crippen molar-refractivity contribution in [2.45, 2.75) is 51.2 Å². The highest BCUT2D eigenvalue weighted by Crippen LogP contribution is 2.32. The van der Waals surface area contributed by atoms with Crippen molar-refractivity contribution in [3.05, 3.63) is 18.6 Å². The van der Waals surface area contributed by atoms with Gasteiger partial charge < -0.3 is 10.1 Å². The Hall–Kier alpha value is -1.16. The molecule has 2 heterocycles. The van der Waals surface area contributed by atoms with E-state index in [-0.39, 0.29) is 5.60 Å². The highest BCUT2D eigenvalue weighted by atomic mass is 16.5. The van der Waals surface area contributed by atoms with Gasteiger partial charge >= 0.3 is 0 Å². The van der Waals surface area contributed by atoms with Crippen LogP contribution < -0.4 is 5.32 Å². The van der Waals surface area contributed by atoms with Gasteiger partial charge in [0.1, 0.15) is 12.1 Å². The molecule has 4 heteroatoms.